The van der Waals surface area contributed by atoms with E-state index in [4.69, 9.17) is 6.57 Å². The second-order valence-electron chi connectivity index (χ2n) is 3.54. The number of rotatable bonds is 3. The zero-order valence-electron chi connectivity index (χ0n) is 9.52. The summed E-state index contributed by atoms with van der Waals surface area (Å²) >= 11 is 0. The maximum atomic E-state index is 13.3. The van der Waals surface area contributed by atoms with E-state index in [1.54, 1.807) is 5.32 Å². The Bertz CT molecular complexity index is 604. The van der Waals surface area contributed by atoms with E-state index < -0.39 is 47.3 Å². The van der Waals surface area contributed by atoms with Crippen LogP contribution >= 0.6 is 0 Å². The summed E-state index contributed by atoms with van der Waals surface area (Å²) in [6, 6.07) is 0.919. The number of Topliss-reactive ketones (excluding diaryl/α,β-unsaturated/α-hetero) is 1. The Labute approximate surface area is 109 Å². The van der Waals surface area contributed by atoms with Gasteiger partial charge in [0, 0.05) is 0 Å². The van der Waals surface area contributed by atoms with Gasteiger partial charge in [0.05, 0.1) is 18.7 Å². The second-order valence-corrected chi connectivity index (χ2v) is 3.54. The number of benzene rings is 1. The van der Waals surface area contributed by atoms with Gasteiger partial charge in [0.25, 0.3) is 0 Å². The average Bonchev–Trinajstić information content (AvgIpc) is 2.32. The molecular formula is C11H5F5N2O2. The van der Waals surface area contributed by atoms with Crippen molar-refractivity contribution in [3.63, 3.8) is 0 Å². The summed E-state index contributed by atoms with van der Waals surface area (Å²) in [6.45, 7) is 6.52. The van der Waals surface area contributed by atoms with E-state index in [0.29, 0.717) is 12.1 Å². The normalized spacial score (nSPS) is 10.8. The Balaban J connectivity index is 2.85. The lowest BCUT2D eigenvalue weighted by atomic mass is 10.2. The fourth-order valence-electron chi connectivity index (χ4n) is 1.16. The molecule has 0 radical (unpaired) electrons. The maximum absolute atomic E-state index is 13.3. The van der Waals surface area contributed by atoms with Crippen molar-refractivity contribution < 1.29 is 31.5 Å². The van der Waals surface area contributed by atoms with E-state index in [1.165, 1.54) is 0 Å². The number of hydrogen-bond acceptors (Lipinski definition) is 2. The van der Waals surface area contributed by atoms with Crippen molar-refractivity contribution in [2.45, 2.75) is 12.6 Å². The minimum Gasteiger partial charge on any atom is -0.323 e. The highest BCUT2D eigenvalue weighted by Gasteiger charge is 2.39. The predicted molar refractivity (Wildman–Crippen MR) is 56.9 cm³/mol. The third-order valence-electron chi connectivity index (χ3n) is 2.07. The molecule has 9 heteroatoms. The number of nitrogens with one attached hydrogen (secondary N) is 1. The van der Waals surface area contributed by atoms with Crippen LogP contribution in [0.25, 0.3) is 4.85 Å². The van der Waals surface area contributed by atoms with Crippen molar-refractivity contribution >= 4 is 23.1 Å². The van der Waals surface area contributed by atoms with Gasteiger partial charge in [-0.15, -0.1) is 0 Å². The molecule has 0 aliphatic rings. The number of alkyl halides is 3. The van der Waals surface area contributed by atoms with Gasteiger partial charge in [-0.2, -0.15) is 13.2 Å². The number of carbonyl (C=O) groups is 2. The van der Waals surface area contributed by atoms with Gasteiger partial charge in [0.2, 0.25) is 17.4 Å². The topological polar surface area (TPSA) is 50.5 Å². The molecule has 1 amide bonds. The molecule has 0 unspecified atom stereocenters. The molecule has 20 heavy (non-hydrogen) atoms. The van der Waals surface area contributed by atoms with E-state index in [1.807, 2.05) is 0 Å². The fourth-order valence-corrected chi connectivity index (χ4v) is 1.16. The Morgan fingerprint density at radius 2 is 1.80 bits per heavy atom. The first-order valence-corrected chi connectivity index (χ1v) is 4.91. The van der Waals surface area contributed by atoms with E-state index in [9.17, 15) is 31.5 Å². The molecule has 0 aliphatic heterocycles. The summed E-state index contributed by atoms with van der Waals surface area (Å²) in [5.41, 5.74) is -1.40. The molecule has 0 heterocycles. The Morgan fingerprint density at radius 1 is 1.20 bits per heavy atom. The van der Waals surface area contributed by atoms with Crippen LogP contribution in [0.2, 0.25) is 0 Å². The first kappa shape index (κ1) is 15.6. The summed E-state index contributed by atoms with van der Waals surface area (Å²) < 4.78 is 62.2. The molecule has 0 fully saturated rings. The number of ketones is 1. The monoisotopic (exact) mass is 292 g/mol. The third-order valence-corrected chi connectivity index (χ3v) is 2.07. The fraction of sp³-hybridized carbons (Fsp3) is 0.182. The molecule has 0 aromatic heterocycles. The van der Waals surface area contributed by atoms with Gasteiger partial charge in [0.1, 0.15) is 11.6 Å². The van der Waals surface area contributed by atoms with Gasteiger partial charge >= 0.3 is 6.18 Å². The Morgan fingerprint density at radius 3 is 2.30 bits per heavy atom. The summed E-state index contributed by atoms with van der Waals surface area (Å²) in [7, 11) is 0. The van der Waals surface area contributed by atoms with Crippen LogP contribution in [-0.4, -0.2) is 17.9 Å². The van der Waals surface area contributed by atoms with Gasteiger partial charge in [-0.3, -0.25) is 9.59 Å². The smallest absolute Gasteiger partial charge is 0.323 e. The molecule has 0 spiro atoms. The van der Waals surface area contributed by atoms with E-state index in [2.05, 4.69) is 4.85 Å². The summed E-state index contributed by atoms with van der Waals surface area (Å²) in [6.07, 6.45) is -6.73. The molecule has 0 saturated heterocycles. The van der Waals surface area contributed by atoms with E-state index >= 15 is 0 Å². The maximum Gasteiger partial charge on any atom is 0.450 e. The Hall–Kier alpha value is -2.50. The zero-order valence-corrected chi connectivity index (χ0v) is 9.52. The molecule has 1 aromatic rings. The van der Waals surface area contributed by atoms with Gasteiger partial charge in [-0.25, -0.2) is 13.6 Å². The number of halogens is 5. The zero-order chi connectivity index (χ0) is 15.5. The molecule has 0 atom stereocenters. The molecule has 0 aliphatic carbocycles. The van der Waals surface area contributed by atoms with Gasteiger partial charge in [-0.1, -0.05) is 0 Å². The average molecular weight is 292 g/mol. The molecule has 4 nitrogen and oxygen atoms in total. The van der Waals surface area contributed by atoms with Crippen molar-refractivity contribution in [1.29, 1.82) is 0 Å². The van der Waals surface area contributed by atoms with E-state index in [-0.39, 0.29) is 0 Å². The van der Waals surface area contributed by atoms with Crippen molar-refractivity contribution in [1.82, 2.24) is 0 Å². The molecule has 0 saturated carbocycles. The van der Waals surface area contributed by atoms with Gasteiger partial charge in [-0.05, 0) is 12.1 Å². The van der Waals surface area contributed by atoms with E-state index in [0.717, 1.165) is 0 Å². The van der Waals surface area contributed by atoms with Crippen LogP contribution in [0.5, 0.6) is 0 Å². The van der Waals surface area contributed by atoms with Crippen LogP contribution in [0, 0.1) is 18.2 Å². The van der Waals surface area contributed by atoms with Gasteiger partial charge < -0.3 is 5.32 Å². The van der Waals surface area contributed by atoms with Crippen molar-refractivity contribution in [3.8, 4) is 0 Å². The Kier molecular flexibility index (Phi) is 4.39. The predicted octanol–water partition coefficient (Wildman–Crippen LogP) is 2.98. The first-order chi connectivity index (χ1) is 9.15. The highest BCUT2D eigenvalue weighted by Crippen LogP contribution is 2.25. The number of hydrogen-bond donors (Lipinski definition) is 1. The number of anilines is 1. The summed E-state index contributed by atoms with van der Waals surface area (Å²) in [4.78, 5) is 24.3. The van der Waals surface area contributed by atoms with Crippen molar-refractivity contribution in [2.75, 3.05) is 5.32 Å². The standard InChI is InChI=1S/C11H5F5N2O2/c1-17-7-2-6(13)8(3-5(7)12)18-10(20)4-9(19)11(14,15)16/h2-3H,4H2,(H,18,20). The quantitative estimate of drug-likeness (QED) is 0.529. The first-order valence-electron chi connectivity index (χ1n) is 4.91. The van der Waals surface area contributed by atoms with Crippen molar-refractivity contribution in [3.05, 3.63) is 35.2 Å². The molecule has 0 bridgehead atoms. The lowest BCUT2D eigenvalue weighted by Gasteiger charge is -2.08. The molecule has 106 valence electrons. The number of carbonyl (C=O) groups excluding carboxylic acids is 2. The molecular weight excluding hydrogens is 287 g/mol. The van der Waals surface area contributed by atoms with Crippen molar-refractivity contribution in [2.24, 2.45) is 0 Å². The molecule has 1 N–H and O–H groups in total. The summed E-state index contributed by atoms with van der Waals surface area (Å²) in [5.74, 6) is -6.11. The molecule has 1 aromatic carbocycles. The van der Waals surface area contributed by atoms with Crippen LogP contribution in [0.3, 0.4) is 0 Å². The largest absolute Gasteiger partial charge is 0.450 e. The SMILES string of the molecule is [C-]#[N+]c1cc(F)c(NC(=O)CC(=O)C(F)(F)F)cc1F. The summed E-state index contributed by atoms with van der Waals surface area (Å²) in [5, 5.41) is 1.63. The minimum absolute atomic E-state index is 0.443. The number of nitrogens with zero attached hydrogens (tertiary/aromatic N) is 1. The lowest BCUT2D eigenvalue weighted by Crippen LogP contribution is -2.28. The highest BCUT2D eigenvalue weighted by atomic mass is 19.4. The lowest BCUT2D eigenvalue weighted by molar-refractivity contribution is -0.171. The third kappa shape index (κ3) is 3.74. The van der Waals surface area contributed by atoms with Crippen LogP contribution in [0.4, 0.5) is 33.3 Å². The highest BCUT2D eigenvalue weighted by molar-refractivity contribution is 6.06. The number of amides is 1. The van der Waals surface area contributed by atoms with Crippen LogP contribution < -0.4 is 5.32 Å². The van der Waals surface area contributed by atoms with Crippen LogP contribution in [-0.2, 0) is 9.59 Å². The van der Waals surface area contributed by atoms with Crippen LogP contribution in [0.1, 0.15) is 6.42 Å². The van der Waals surface area contributed by atoms with Gasteiger partial charge in [0.15, 0.2) is 0 Å². The molecule has 1 rings (SSSR count). The second kappa shape index (κ2) is 5.64. The minimum atomic E-state index is -5.19. The van der Waals surface area contributed by atoms with Crippen LogP contribution in [0.15, 0.2) is 12.1 Å².